The van der Waals surface area contributed by atoms with E-state index in [1.165, 1.54) is 0 Å². The smallest absolute Gasteiger partial charge is 0.274 e. The van der Waals surface area contributed by atoms with Crippen LogP contribution in [0.3, 0.4) is 0 Å². The van der Waals surface area contributed by atoms with Crippen LogP contribution in [0.2, 0.25) is 0 Å². The van der Waals surface area contributed by atoms with Gasteiger partial charge in [-0.15, -0.1) is 0 Å². The maximum absolute atomic E-state index is 12.1. The molecular weight excluding hydrogens is 360 g/mol. The first-order valence-electron chi connectivity index (χ1n) is 6.83. The van der Waals surface area contributed by atoms with Crippen LogP contribution in [0.5, 0.6) is 0 Å². The average molecular weight is 373 g/mol. The van der Waals surface area contributed by atoms with Crippen LogP contribution in [0, 0.1) is 6.92 Å². The number of hydrogen-bond donors (Lipinski definition) is 2. The summed E-state index contributed by atoms with van der Waals surface area (Å²) in [5.74, 6) is 1.04. The van der Waals surface area contributed by atoms with Gasteiger partial charge in [0.05, 0.1) is 11.9 Å². The fraction of sp³-hybridized carbons (Fsp3) is 0.0625. The van der Waals surface area contributed by atoms with Gasteiger partial charge < -0.3 is 15.2 Å². The number of nitrogens with one attached hydrogen (secondary N) is 2. The largest absolute Gasteiger partial charge is 0.360 e. The first-order valence-corrected chi connectivity index (χ1v) is 7.63. The van der Waals surface area contributed by atoms with E-state index >= 15 is 0 Å². The summed E-state index contributed by atoms with van der Waals surface area (Å²) in [6.07, 6.45) is 1.57. The Balaban J connectivity index is 1.66. The number of rotatable bonds is 4. The Labute approximate surface area is 141 Å². The number of nitrogens with zero attached hydrogens (tertiary/aromatic N) is 2. The van der Waals surface area contributed by atoms with Crippen molar-refractivity contribution in [1.82, 2.24) is 10.1 Å². The molecule has 6 nitrogen and oxygen atoms in total. The van der Waals surface area contributed by atoms with Gasteiger partial charge in [-0.3, -0.25) is 4.79 Å². The van der Waals surface area contributed by atoms with E-state index in [1.807, 2.05) is 31.2 Å². The van der Waals surface area contributed by atoms with E-state index in [2.05, 4.69) is 36.7 Å². The van der Waals surface area contributed by atoms with Gasteiger partial charge in [0, 0.05) is 16.2 Å². The monoisotopic (exact) mass is 372 g/mol. The van der Waals surface area contributed by atoms with Crippen LogP contribution < -0.4 is 10.6 Å². The standard InChI is InChI=1S/C16H13BrN4O2/c1-10-8-15(21-23-10)19-13-6-7-14(18-9-13)16(22)20-12-4-2-11(17)3-5-12/h2-9H,1H3,(H,19,21)(H,20,22). The summed E-state index contributed by atoms with van der Waals surface area (Å²) in [5.41, 5.74) is 1.76. The SMILES string of the molecule is Cc1cc(Nc2ccc(C(=O)Nc3ccc(Br)cc3)nc2)no1. The highest BCUT2D eigenvalue weighted by molar-refractivity contribution is 9.10. The minimum atomic E-state index is -0.267. The molecule has 0 radical (unpaired) electrons. The fourth-order valence-corrected chi connectivity index (χ4v) is 2.17. The number of hydrogen-bond acceptors (Lipinski definition) is 5. The summed E-state index contributed by atoms with van der Waals surface area (Å²) in [7, 11) is 0. The Kier molecular flexibility index (Phi) is 4.38. The quantitative estimate of drug-likeness (QED) is 0.719. The lowest BCUT2D eigenvalue weighted by Crippen LogP contribution is -2.13. The van der Waals surface area contributed by atoms with Crippen LogP contribution in [0.4, 0.5) is 17.2 Å². The fourth-order valence-electron chi connectivity index (χ4n) is 1.90. The molecule has 0 atom stereocenters. The van der Waals surface area contributed by atoms with E-state index in [9.17, 15) is 4.79 Å². The minimum Gasteiger partial charge on any atom is -0.360 e. The first kappa shape index (κ1) is 15.2. The Morgan fingerprint density at radius 1 is 1.13 bits per heavy atom. The maximum atomic E-state index is 12.1. The number of pyridine rings is 1. The van der Waals surface area contributed by atoms with Crippen LogP contribution in [-0.2, 0) is 0 Å². The van der Waals surface area contributed by atoms with Crippen molar-refractivity contribution in [3.63, 3.8) is 0 Å². The molecule has 0 spiro atoms. The second-order valence-electron chi connectivity index (χ2n) is 4.84. The minimum absolute atomic E-state index is 0.267. The van der Waals surface area contributed by atoms with E-state index in [0.717, 1.165) is 10.2 Å². The molecule has 2 aromatic heterocycles. The van der Waals surface area contributed by atoms with Crippen LogP contribution in [0.15, 0.2) is 57.7 Å². The van der Waals surface area contributed by atoms with Crippen LogP contribution in [0.25, 0.3) is 0 Å². The summed E-state index contributed by atoms with van der Waals surface area (Å²) in [6, 6.07) is 12.5. The molecule has 0 saturated heterocycles. The van der Waals surface area contributed by atoms with Crippen molar-refractivity contribution in [2.75, 3.05) is 10.6 Å². The molecule has 2 N–H and O–H groups in total. The second kappa shape index (κ2) is 6.62. The second-order valence-corrected chi connectivity index (χ2v) is 5.76. The molecule has 1 amide bonds. The molecule has 2 heterocycles. The van der Waals surface area contributed by atoms with E-state index < -0.39 is 0 Å². The van der Waals surface area contributed by atoms with Crippen LogP contribution in [-0.4, -0.2) is 16.0 Å². The highest BCUT2D eigenvalue weighted by Gasteiger charge is 2.08. The van der Waals surface area contributed by atoms with Gasteiger partial charge in [-0.05, 0) is 43.3 Å². The van der Waals surface area contributed by atoms with E-state index in [0.29, 0.717) is 23.0 Å². The van der Waals surface area contributed by atoms with Crippen molar-refractivity contribution in [3.8, 4) is 0 Å². The molecule has 0 unspecified atom stereocenters. The van der Waals surface area contributed by atoms with Gasteiger partial charge in [0.1, 0.15) is 11.5 Å². The molecule has 0 saturated carbocycles. The molecule has 3 rings (SSSR count). The molecule has 0 fully saturated rings. The van der Waals surface area contributed by atoms with Crippen molar-refractivity contribution < 1.29 is 9.32 Å². The Morgan fingerprint density at radius 2 is 1.87 bits per heavy atom. The molecular formula is C16H13BrN4O2. The molecule has 116 valence electrons. The van der Waals surface area contributed by atoms with Crippen molar-refractivity contribution in [2.45, 2.75) is 6.92 Å². The number of carbonyl (C=O) groups excluding carboxylic acids is 1. The van der Waals surface area contributed by atoms with Gasteiger partial charge in [-0.25, -0.2) is 4.98 Å². The van der Waals surface area contributed by atoms with Gasteiger partial charge in [0.2, 0.25) is 0 Å². The molecule has 7 heteroatoms. The topological polar surface area (TPSA) is 80.0 Å². The highest BCUT2D eigenvalue weighted by Crippen LogP contribution is 2.17. The predicted octanol–water partition coefficient (Wildman–Crippen LogP) is 4.14. The Morgan fingerprint density at radius 3 is 2.48 bits per heavy atom. The van der Waals surface area contributed by atoms with Gasteiger partial charge in [0.25, 0.3) is 5.91 Å². The molecule has 0 aliphatic carbocycles. The van der Waals surface area contributed by atoms with E-state index in [4.69, 9.17) is 4.52 Å². The Hall–Kier alpha value is -2.67. The molecule has 23 heavy (non-hydrogen) atoms. The van der Waals surface area contributed by atoms with Gasteiger partial charge in [-0.1, -0.05) is 21.1 Å². The summed E-state index contributed by atoms with van der Waals surface area (Å²) in [5, 5.41) is 9.66. The lowest BCUT2D eigenvalue weighted by molar-refractivity contribution is 0.102. The first-order chi connectivity index (χ1) is 11.1. The number of carbonyl (C=O) groups is 1. The maximum Gasteiger partial charge on any atom is 0.274 e. The number of amides is 1. The van der Waals surface area contributed by atoms with Gasteiger partial charge >= 0.3 is 0 Å². The number of aromatic nitrogens is 2. The third-order valence-electron chi connectivity index (χ3n) is 3.00. The van der Waals surface area contributed by atoms with Crippen molar-refractivity contribution >= 4 is 39.0 Å². The van der Waals surface area contributed by atoms with Crippen LogP contribution >= 0.6 is 15.9 Å². The molecule has 1 aromatic carbocycles. The average Bonchev–Trinajstić information content (AvgIpc) is 2.95. The number of aryl methyl sites for hydroxylation is 1. The van der Waals surface area contributed by atoms with Gasteiger partial charge in [-0.2, -0.15) is 0 Å². The van der Waals surface area contributed by atoms with E-state index in [1.54, 1.807) is 24.4 Å². The number of anilines is 3. The zero-order chi connectivity index (χ0) is 16.2. The van der Waals surface area contributed by atoms with Crippen molar-refractivity contribution in [1.29, 1.82) is 0 Å². The Bertz CT molecular complexity index is 813. The molecule has 3 aromatic rings. The normalized spacial score (nSPS) is 10.3. The number of halogens is 1. The van der Waals surface area contributed by atoms with E-state index in [-0.39, 0.29) is 5.91 Å². The van der Waals surface area contributed by atoms with Crippen molar-refractivity contribution in [2.24, 2.45) is 0 Å². The summed E-state index contributed by atoms with van der Waals surface area (Å²) < 4.78 is 5.92. The highest BCUT2D eigenvalue weighted by atomic mass is 79.9. The molecule has 0 bridgehead atoms. The summed E-state index contributed by atoms with van der Waals surface area (Å²) in [4.78, 5) is 16.3. The number of benzene rings is 1. The van der Waals surface area contributed by atoms with Gasteiger partial charge in [0.15, 0.2) is 5.82 Å². The lowest BCUT2D eigenvalue weighted by Gasteiger charge is -2.06. The summed E-state index contributed by atoms with van der Waals surface area (Å²) in [6.45, 7) is 1.81. The molecule has 0 aliphatic heterocycles. The zero-order valence-corrected chi connectivity index (χ0v) is 13.8. The molecule has 0 aliphatic rings. The third-order valence-corrected chi connectivity index (χ3v) is 3.53. The van der Waals surface area contributed by atoms with Crippen LogP contribution in [0.1, 0.15) is 16.2 Å². The zero-order valence-electron chi connectivity index (χ0n) is 12.2. The summed E-state index contributed by atoms with van der Waals surface area (Å²) >= 11 is 3.35. The van der Waals surface area contributed by atoms with Crippen molar-refractivity contribution in [3.05, 3.63) is 64.6 Å². The predicted molar refractivity (Wildman–Crippen MR) is 90.9 cm³/mol. The third kappa shape index (κ3) is 3.95. The lowest BCUT2D eigenvalue weighted by atomic mass is 10.3.